The zero-order chi connectivity index (χ0) is 16.4. The van der Waals surface area contributed by atoms with Crippen LogP contribution in [0.15, 0.2) is 6.07 Å². The highest BCUT2D eigenvalue weighted by atomic mass is 16.2. The van der Waals surface area contributed by atoms with Crippen LogP contribution in [0.5, 0.6) is 0 Å². The lowest BCUT2D eigenvalue weighted by molar-refractivity contribution is -0.119. The van der Waals surface area contributed by atoms with E-state index in [1.54, 1.807) is 4.90 Å². The Labute approximate surface area is 132 Å². The monoisotopic (exact) mass is 305 g/mol. The fourth-order valence-electron chi connectivity index (χ4n) is 3.69. The second kappa shape index (κ2) is 6.55. The number of rotatable bonds is 5. The number of nitrogens with zero attached hydrogens (tertiary/aromatic N) is 2. The quantitative estimate of drug-likeness (QED) is 0.908. The molecule has 2 N–H and O–H groups in total. The van der Waals surface area contributed by atoms with Crippen molar-refractivity contribution in [1.82, 2.24) is 9.47 Å². The molecule has 0 aliphatic heterocycles. The van der Waals surface area contributed by atoms with Gasteiger partial charge in [0.05, 0.1) is 12.1 Å². The zero-order valence-electron chi connectivity index (χ0n) is 14.1. The Morgan fingerprint density at radius 2 is 1.91 bits per heavy atom. The molecule has 1 saturated carbocycles. The maximum Gasteiger partial charge on any atom is 0.256 e. The molecular formula is C17H27N3O2. The molecule has 1 fully saturated rings. The van der Waals surface area contributed by atoms with Crippen LogP contribution in [0.25, 0.3) is 0 Å². The zero-order valence-corrected chi connectivity index (χ0v) is 14.1. The first-order valence-electron chi connectivity index (χ1n) is 8.10. The summed E-state index contributed by atoms with van der Waals surface area (Å²) in [5, 5.41) is 0. The fraction of sp³-hybridized carbons (Fsp3) is 0.647. The van der Waals surface area contributed by atoms with Gasteiger partial charge in [0, 0.05) is 23.5 Å². The van der Waals surface area contributed by atoms with Crippen molar-refractivity contribution in [3.8, 4) is 0 Å². The summed E-state index contributed by atoms with van der Waals surface area (Å²) in [6.07, 6.45) is 4.14. The molecule has 22 heavy (non-hydrogen) atoms. The SMILES string of the molecule is Cc1cc(C(=O)N(CC(N)=O)C2CCCC2)c(C)n1C(C)C. The second-order valence-corrected chi connectivity index (χ2v) is 6.59. The van der Waals surface area contributed by atoms with Gasteiger partial charge in [-0.05, 0) is 46.6 Å². The van der Waals surface area contributed by atoms with Crippen molar-refractivity contribution < 1.29 is 9.59 Å². The predicted octanol–water partition coefficient (Wildman–Crippen LogP) is 2.56. The summed E-state index contributed by atoms with van der Waals surface area (Å²) in [5.41, 5.74) is 8.09. The lowest BCUT2D eigenvalue weighted by Gasteiger charge is -2.28. The van der Waals surface area contributed by atoms with Crippen molar-refractivity contribution in [3.05, 3.63) is 23.0 Å². The van der Waals surface area contributed by atoms with Gasteiger partial charge < -0.3 is 15.2 Å². The van der Waals surface area contributed by atoms with E-state index in [4.69, 9.17) is 5.73 Å². The van der Waals surface area contributed by atoms with Crippen LogP contribution in [0, 0.1) is 13.8 Å². The average molecular weight is 305 g/mol. The molecule has 0 bridgehead atoms. The Morgan fingerprint density at radius 3 is 2.36 bits per heavy atom. The van der Waals surface area contributed by atoms with Gasteiger partial charge in [-0.25, -0.2) is 0 Å². The van der Waals surface area contributed by atoms with E-state index in [9.17, 15) is 9.59 Å². The van der Waals surface area contributed by atoms with E-state index in [2.05, 4.69) is 18.4 Å². The molecule has 5 nitrogen and oxygen atoms in total. The topological polar surface area (TPSA) is 68.3 Å². The van der Waals surface area contributed by atoms with Gasteiger partial charge in [0.15, 0.2) is 0 Å². The van der Waals surface area contributed by atoms with Gasteiger partial charge in [0.2, 0.25) is 5.91 Å². The summed E-state index contributed by atoms with van der Waals surface area (Å²) in [4.78, 5) is 26.1. The highest BCUT2D eigenvalue weighted by Gasteiger charge is 2.30. The van der Waals surface area contributed by atoms with E-state index in [0.29, 0.717) is 11.6 Å². The fourth-order valence-corrected chi connectivity index (χ4v) is 3.69. The molecule has 5 heteroatoms. The third-order valence-electron chi connectivity index (χ3n) is 4.58. The highest BCUT2D eigenvalue weighted by Crippen LogP contribution is 2.27. The van der Waals surface area contributed by atoms with Gasteiger partial charge >= 0.3 is 0 Å². The van der Waals surface area contributed by atoms with Crippen molar-refractivity contribution in [2.24, 2.45) is 5.73 Å². The number of hydrogen-bond acceptors (Lipinski definition) is 2. The number of aromatic nitrogens is 1. The molecule has 0 aromatic carbocycles. The van der Waals surface area contributed by atoms with E-state index >= 15 is 0 Å². The predicted molar refractivity (Wildman–Crippen MR) is 86.8 cm³/mol. The largest absolute Gasteiger partial charge is 0.368 e. The smallest absolute Gasteiger partial charge is 0.256 e. The minimum Gasteiger partial charge on any atom is -0.368 e. The molecule has 1 aliphatic carbocycles. The van der Waals surface area contributed by atoms with E-state index in [0.717, 1.165) is 37.1 Å². The molecule has 0 radical (unpaired) electrons. The summed E-state index contributed by atoms with van der Waals surface area (Å²) in [6, 6.07) is 2.38. The van der Waals surface area contributed by atoms with Gasteiger partial charge in [0.1, 0.15) is 0 Å². The number of primary amides is 1. The molecule has 0 spiro atoms. The summed E-state index contributed by atoms with van der Waals surface area (Å²) in [7, 11) is 0. The molecule has 2 amide bonds. The molecule has 122 valence electrons. The van der Waals surface area contributed by atoms with Gasteiger partial charge in [-0.15, -0.1) is 0 Å². The van der Waals surface area contributed by atoms with Crippen LogP contribution in [-0.4, -0.2) is 33.9 Å². The van der Waals surface area contributed by atoms with Crippen LogP contribution >= 0.6 is 0 Å². The number of carbonyl (C=O) groups is 2. The molecule has 1 aromatic rings. The van der Waals surface area contributed by atoms with Gasteiger partial charge in [0.25, 0.3) is 5.91 Å². The van der Waals surface area contributed by atoms with E-state index < -0.39 is 5.91 Å². The van der Waals surface area contributed by atoms with E-state index in [-0.39, 0.29) is 18.5 Å². The maximum absolute atomic E-state index is 13.0. The molecular weight excluding hydrogens is 278 g/mol. The number of aryl methyl sites for hydroxylation is 1. The van der Waals surface area contributed by atoms with Gasteiger partial charge in [-0.2, -0.15) is 0 Å². The molecule has 0 saturated heterocycles. The molecule has 0 unspecified atom stereocenters. The first-order valence-corrected chi connectivity index (χ1v) is 8.10. The summed E-state index contributed by atoms with van der Waals surface area (Å²) < 4.78 is 2.16. The summed E-state index contributed by atoms with van der Waals surface area (Å²) in [6.45, 7) is 8.20. The number of carbonyl (C=O) groups excluding carboxylic acids is 2. The standard InChI is InChI=1S/C17H27N3O2/c1-11(2)20-12(3)9-15(13(20)4)17(22)19(10-16(18)21)14-7-5-6-8-14/h9,11,14H,5-8,10H2,1-4H3,(H2,18,21). The normalized spacial score (nSPS) is 15.5. The number of amides is 2. The van der Waals surface area contributed by atoms with Crippen molar-refractivity contribution >= 4 is 11.8 Å². The second-order valence-electron chi connectivity index (χ2n) is 6.59. The van der Waals surface area contributed by atoms with Crippen molar-refractivity contribution in [3.63, 3.8) is 0 Å². The first kappa shape index (κ1) is 16.6. The van der Waals surface area contributed by atoms with Crippen LogP contribution < -0.4 is 5.73 Å². The van der Waals surface area contributed by atoms with Crippen LogP contribution in [0.3, 0.4) is 0 Å². The molecule has 1 aromatic heterocycles. The Kier molecular flexibility index (Phi) is 4.94. The van der Waals surface area contributed by atoms with Crippen LogP contribution in [0.1, 0.15) is 67.3 Å². The van der Waals surface area contributed by atoms with Crippen molar-refractivity contribution in [1.29, 1.82) is 0 Å². The molecule has 0 atom stereocenters. The van der Waals surface area contributed by atoms with Crippen LogP contribution in [0.2, 0.25) is 0 Å². The average Bonchev–Trinajstić information content (AvgIpc) is 3.03. The summed E-state index contributed by atoms with van der Waals surface area (Å²) in [5.74, 6) is -0.511. The van der Waals surface area contributed by atoms with E-state index in [1.165, 1.54) is 0 Å². The Balaban J connectivity index is 2.34. The molecule has 2 rings (SSSR count). The highest BCUT2D eigenvalue weighted by molar-refractivity contribution is 5.98. The van der Waals surface area contributed by atoms with Gasteiger partial charge in [-0.1, -0.05) is 12.8 Å². The van der Waals surface area contributed by atoms with Crippen LogP contribution in [-0.2, 0) is 4.79 Å². The molecule has 1 aliphatic rings. The van der Waals surface area contributed by atoms with Crippen molar-refractivity contribution in [2.45, 2.75) is 65.5 Å². The number of hydrogen-bond donors (Lipinski definition) is 1. The lowest BCUT2D eigenvalue weighted by Crippen LogP contribution is -2.44. The Hall–Kier alpha value is -1.78. The van der Waals surface area contributed by atoms with Gasteiger partial charge in [-0.3, -0.25) is 9.59 Å². The molecule has 1 heterocycles. The lowest BCUT2D eigenvalue weighted by atomic mass is 10.1. The number of nitrogens with two attached hydrogens (primary N) is 1. The van der Waals surface area contributed by atoms with Crippen LogP contribution in [0.4, 0.5) is 0 Å². The third kappa shape index (κ3) is 3.18. The first-order chi connectivity index (χ1) is 10.3. The third-order valence-corrected chi connectivity index (χ3v) is 4.58. The Morgan fingerprint density at radius 1 is 1.32 bits per heavy atom. The minimum atomic E-state index is -0.446. The minimum absolute atomic E-state index is 0.00878. The maximum atomic E-state index is 13.0. The van der Waals surface area contributed by atoms with Crippen molar-refractivity contribution in [2.75, 3.05) is 6.54 Å². The van der Waals surface area contributed by atoms with E-state index in [1.807, 2.05) is 19.9 Å². The Bertz CT molecular complexity index is 569. The summed E-state index contributed by atoms with van der Waals surface area (Å²) >= 11 is 0.